The van der Waals surface area contributed by atoms with Gasteiger partial charge in [-0.15, -0.1) is 0 Å². The zero-order valence-corrected chi connectivity index (χ0v) is 22.1. The van der Waals surface area contributed by atoms with Crippen LogP contribution in [0.5, 0.6) is 23.0 Å². The van der Waals surface area contributed by atoms with Gasteiger partial charge >= 0.3 is 5.97 Å². The van der Waals surface area contributed by atoms with E-state index in [1.54, 1.807) is 50.2 Å². The number of benzene rings is 3. The molecule has 0 aromatic heterocycles. The maximum absolute atomic E-state index is 13.2. The van der Waals surface area contributed by atoms with Crippen LogP contribution in [0.15, 0.2) is 48.5 Å². The first kappa shape index (κ1) is 27.9. The third-order valence-electron chi connectivity index (χ3n) is 5.64. The summed E-state index contributed by atoms with van der Waals surface area (Å²) in [6, 6.07) is 12.5. The molecule has 3 rings (SSSR count). The summed E-state index contributed by atoms with van der Waals surface area (Å²) in [5, 5.41) is 5.61. The van der Waals surface area contributed by atoms with Crippen LogP contribution in [0.3, 0.4) is 0 Å². The lowest BCUT2D eigenvalue weighted by atomic mass is 10.1. The van der Waals surface area contributed by atoms with Crippen LogP contribution in [0.1, 0.15) is 43.6 Å². The number of hydrogen-bond acceptors (Lipinski definition) is 8. The lowest BCUT2D eigenvalue weighted by Gasteiger charge is -2.17. The van der Waals surface area contributed by atoms with Gasteiger partial charge in [0.15, 0.2) is 0 Å². The lowest BCUT2D eigenvalue weighted by Crippen LogP contribution is -2.18. The lowest BCUT2D eigenvalue weighted by molar-refractivity contribution is 0.0526. The first-order chi connectivity index (χ1) is 18.2. The zero-order chi connectivity index (χ0) is 27.8. The Morgan fingerprint density at radius 3 is 1.29 bits per heavy atom. The first-order valence-corrected chi connectivity index (χ1v) is 11.6. The highest BCUT2D eigenvalue weighted by Gasteiger charge is 2.19. The minimum atomic E-state index is -0.607. The van der Waals surface area contributed by atoms with E-state index in [-0.39, 0.29) is 23.3 Å². The predicted octanol–water partition coefficient (Wildman–Crippen LogP) is 4.71. The second-order valence-electron chi connectivity index (χ2n) is 8.03. The summed E-state index contributed by atoms with van der Waals surface area (Å²) in [5.41, 5.74) is 1.83. The van der Waals surface area contributed by atoms with Crippen LogP contribution in [0.4, 0.5) is 11.4 Å². The molecule has 0 radical (unpaired) electrons. The predicted molar refractivity (Wildman–Crippen MR) is 142 cm³/mol. The van der Waals surface area contributed by atoms with Gasteiger partial charge in [0.2, 0.25) is 0 Å². The van der Waals surface area contributed by atoms with Crippen molar-refractivity contribution in [2.75, 3.05) is 45.7 Å². The Bertz CT molecular complexity index is 1220. The summed E-state index contributed by atoms with van der Waals surface area (Å²) in [7, 11) is 5.93. The molecule has 10 nitrogen and oxygen atoms in total. The van der Waals surface area contributed by atoms with Crippen molar-refractivity contribution in [3.8, 4) is 23.0 Å². The number of nitrogens with one attached hydrogen (secondary N) is 2. The fourth-order valence-electron chi connectivity index (χ4n) is 3.57. The molecule has 38 heavy (non-hydrogen) atoms. The average Bonchev–Trinajstić information content (AvgIpc) is 2.94. The molecule has 2 N–H and O–H groups in total. The molecule has 3 aromatic carbocycles. The maximum atomic E-state index is 13.2. The number of hydrogen-bond donors (Lipinski definition) is 2. The highest BCUT2D eigenvalue weighted by molar-refractivity contribution is 6.09. The minimum absolute atomic E-state index is 0.148. The van der Waals surface area contributed by atoms with Gasteiger partial charge in [0.1, 0.15) is 23.0 Å². The Hall–Kier alpha value is -4.73. The minimum Gasteiger partial charge on any atom is -0.497 e. The number of anilines is 2. The van der Waals surface area contributed by atoms with E-state index in [0.29, 0.717) is 39.9 Å². The summed E-state index contributed by atoms with van der Waals surface area (Å²) >= 11 is 0. The molecule has 2 amide bonds. The van der Waals surface area contributed by atoms with Crippen molar-refractivity contribution in [3.05, 3.63) is 70.8 Å². The van der Waals surface area contributed by atoms with Gasteiger partial charge in [-0.1, -0.05) is 0 Å². The molecule has 200 valence electrons. The fourth-order valence-corrected chi connectivity index (χ4v) is 3.57. The normalized spacial score (nSPS) is 10.3. The van der Waals surface area contributed by atoms with Gasteiger partial charge in [0.05, 0.1) is 40.6 Å². The highest BCUT2D eigenvalue weighted by atomic mass is 16.5. The monoisotopic (exact) mass is 522 g/mol. The van der Waals surface area contributed by atoms with E-state index in [4.69, 9.17) is 23.7 Å². The molecule has 0 heterocycles. The van der Waals surface area contributed by atoms with Gasteiger partial charge < -0.3 is 34.3 Å². The summed E-state index contributed by atoms with van der Waals surface area (Å²) in [6.07, 6.45) is 0. The molecule has 10 heteroatoms. The molecule has 0 atom stereocenters. The van der Waals surface area contributed by atoms with Crippen LogP contribution in [-0.2, 0) is 4.74 Å². The van der Waals surface area contributed by atoms with E-state index < -0.39 is 17.8 Å². The number of carbonyl (C=O) groups is 3. The Balaban J connectivity index is 2.00. The fraction of sp³-hybridized carbons (Fsp3) is 0.250. The standard InChI is InChI=1S/C28H30N2O8/c1-7-38-28(33)19-12-24(29-26(31)17-8-20(34-3)14-21(9-17)35-4)16(2)25(13-19)30-27(32)18-10-22(36-5)15-23(11-18)37-6/h8-15H,7H2,1-6H3,(H,29,31)(H,30,32). The van der Waals surface area contributed by atoms with Gasteiger partial charge in [-0.3, -0.25) is 9.59 Å². The van der Waals surface area contributed by atoms with Crippen molar-refractivity contribution in [2.45, 2.75) is 13.8 Å². The summed E-state index contributed by atoms with van der Waals surface area (Å²) in [5.74, 6) is 0.203. The van der Waals surface area contributed by atoms with E-state index in [1.807, 2.05) is 0 Å². The third kappa shape index (κ3) is 6.52. The molecule has 3 aromatic rings. The molecule has 0 bridgehead atoms. The van der Waals surface area contributed by atoms with Gasteiger partial charge in [0, 0.05) is 34.6 Å². The molecule has 0 aliphatic carbocycles. The largest absolute Gasteiger partial charge is 0.497 e. The Morgan fingerprint density at radius 2 is 0.974 bits per heavy atom. The van der Waals surface area contributed by atoms with Crippen molar-refractivity contribution in [1.29, 1.82) is 0 Å². The summed E-state index contributed by atoms with van der Waals surface area (Å²) < 4.78 is 26.1. The Morgan fingerprint density at radius 1 is 0.605 bits per heavy atom. The second kappa shape index (κ2) is 12.5. The van der Waals surface area contributed by atoms with Gasteiger partial charge in [-0.2, -0.15) is 0 Å². The molecular weight excluding hydrogens is 492 g/mol. The quantitative estimate of drug-likeness (QED) is 0.367. The molecular formula is C28H30N2O8. The summed E-state index contributed by atoms with van der Waals surface area (Å²) in [6.45, 7) is 3.55. The van der Waals surface area contributed by atoms with Crippen LogP contribution < -0.4 is 29.6 Å². The number of rotatable bonds is 10. The van der Waals surface area contributed by atoms with Crippen molar-refractivity contribution < 1.29 is 38.1 Å². The van der Waals surface area contributed by atoms with Crippen LogP contribution in [-0.4, -0.2) is 52.8 Å². The van der Waals surface area contributed by atoms with Crippen LogP contribution >= 0.6 is 0 Å². The topological polar surface area (TPSA) is 121 Å². The highest BCUT2D eigenvalue weighted by Crippen LogP contribution is 2.30. The van der Waals surface area contributed by atoms with Crippen molar-refractivity contribution in [1.82, 2.24) is 0 Å². The van der Waals surface area contributed by atoms with E-state index in [1.165, 1.54) is 40.6 Å². The number of amides is 2. The number of esters is 1. The van der Waals surface area contributed by atoms with Crippen molar-refractivity contribution in [3.63, 3.8) is 0 Å². The first-order valence-electron chi connectivity index (χ1n) is 11.6. The zero-order valence-electron chi connectivity index (χ0n) is 22.1. The Labute approximate surface area is 220 Å². The molecule has 0 saturated carbocycles. The van der Waals surface area contributed by atoms with E-state index in [9.17, 15) is 14.4 Å². The second-order valence-corrected chi connectivity index (χ2v) is 8.03. The maximum Gasteiger partial charge on any atom is 0.338 e. The van der Waals surface area contributed by atoms with Gasteiger partial charge in [0.25, 0.3) is 11.8 Å². The van der Waals surface area contributed by atoms with E-state index in [0.717, 1.165) is 0 Å². The van der Waals surface area contributed by atoms with Crippen molar-refractivity contribution in [2.24, 2.45) is 0 Å². The van der Waals surface area contributed by atoms with E-state index in [2.05, 4.69) is 10.6 Å². The SMILES string of the molecule is CCOC(=O)c1cc(NC(=O)c2cc(OC)cc(OC)c2)c(C)c(NC(=O)c2cc(OC)cc(OC)c2)c1. The third-order valence-corrected chi connectivity index (χ3v) is 5.64. The van der Waals surface area contributed by atoms with Gasteiger partial charge in [-0.25, -0.2) is 4.79 Å². The molecule has 0 spiro atoms. The Kier molecular flexibility index (Phi) is 9.15. The van der Waals surface area contributed by atoms with Gasteiger partial charge in [-0.05, 0) is 55.8 Å². The molecule has 0 fully saturated rings. The van der Waals surface area contributed by atoms with Crippen LogP contribution in [0, 0.1) is 6.92 Å². The van der Waals surface area contributed by atoms with E-state index >= 15 is 0 Å². The number of ether oxygens (including phenoxy) is 5. The molecule has 0 aliphatic rings. The van der Waals surface area contributed by atoms with Crippen LogP contribution in [0.2, 0.25) is 0 Å². The smallest absolute Gasteiger partial charge is 0.338 e. The number of methoxy groups -OCH3 is 4. The number of carbonyl (C=O) groups excluding carboxylic acids is 3. The molecule has 0 saturated heterocycles. The van der Waals surface area contributed by atoms with Crippen molar-refractivity contribution >= 4 is 29.2 Å². The average molecular weight is 523 g/mol. The molecule has 0 aliphatic heterocycles. The molecule has 0 unspecified atom stereocenters. The van der Waals surface area contributed by atoms with Crippen LogP contribution in [0.25, 0.3) is 0 Å². The summed E-state index contributed by atoms with van der Waals surface area (Å²) in [4.78, 5) is 38.9.